The maximum absolute atomic E-state index is 12.5. The standard InChI is InChI=1S/C20H19N5OS/c1-12-7-6-8-13(2)18(12)23-17(26)11-27-20-22-16-10-5-4-9-15(16)19-21-14(3)24-25(19)20/h4-10H,11H2,1-3H3,(H,23,26). The van der Waals surface area contributed by atoms with Crippen LogP contribution in [0.5, 0.6) is 0 Å². The second-order valence-electron chi connectivity index (χ2n) is 6.41. The minimum absolute atomic E-state index is 0.0719. The van der Waals surface area contributed by atoms with Crippen LogP contribution in [0.4, 0.5) is 5.69 Å². The van der Waals surface area contributed by atoms with E-state index >= 15 is 0 Å². The summed E-state index contributed by atoms with van der Waals surface area (Å²) in [6.45, 7) is 5.83. The van der Waals surface area contributed by atoms with Crippen LogP contribution in [0, 0.1) is 20.8 Å². The molecule has 0 saturated heterocycles. The summed E-state index contributed by atoms with van der Waals surface area (Å²) in [5.41, 5.74) is 4.57. The molecule has 0 atom stereocenters. The molecule has 0 saturated carbocycles. The molecule has 0 bridgehead atoms. The molecule has 4 aromatic rings. The van der Waals surface area contributed by atoms with Gasteiger partial charge in [-0.1, -0.05) is 42.1 Å². The number of fused-ring (bicyclic) bond motifs is 3. The molecular formula is C20H19N5OS. The first kappa shape index (κ1) is 17.5. The Hall–Kier alpha value is -2.93. The molecule has 2 aromatic carbocycles. The van der Waals surface area contributed by atoms with E-state index in [1.807, 2.05) is 63.2 Å². The molecule has 0 spiro atoms. The number of rotatable bonds is 4. The maximum Gasteiger partial charge on any atom is 0.234 e. The SMILES string of the molecule is Cc1nc2c3ccccc3nc(SCC(=O)Nc3c(C)cccc3C)n2n1. The van der Waals surface area contributed by atoms with Gasteiger partial charge in [-0.3, -0.25) is 4.79 Å². The molecular weight excluding hydrogens is 358 g/mol. The van der Waals surface area contributed by atoms with Gasteiger partial charge in [0, 0.05) is 11.1 Å². The fourth-order valence-electron chi connectivity index (χ4n) is 3.04. The van der Waals surface area contributed by atoms with Gasteiger partial charge in [-0.2, -0.15) is 4.52 Å². The molecule has 136 valence electrons. The number of para-hydroxylation sites is 2. The smallest absolute Gasteiger partial charge is 0.234 e. The number of carbonyl (C=O) groups excluding carboxylic acids is 1. The van der Waals surface area contributed by atoms with Gasteiger partial charge < -0.3 is 5.32 Å². The van der Waals surface area contributed by atoms with E-state index in [-0.39, 0.29) is 11.7 Å². The second kappa shape index (κ2) is 7.00. The van der Waals surface area contributed by atoms with E-state index in [1.165, 1.54) is 11.8 Å². The van der Waals surface area contributed by atoms with E-state index in [1.54, 1.807) is 4.52 Å². The Morgan fingerprint density at radius 3 is 2.56 bits per heavy atom. The Balaban J connectivity index is 1.60. The largest absolute Gasteiger partial charge is 0.325 e. The molecule has 0 aliphatic heterocycles. The van der Waals surface area contributed by atoms with Crippen LogP contribution < -0.4 is 5.32 Å². The summed E-state index contributed by atoms with van der Waals surface area (Å²) in [6.07, 6.45) is 0. The van der Waals surface area contributed by atoms with Crippen LogP contribution in [0.3, 0.4) is 0 Å². The molecule has 4 rings (SSSR count). The van der Waals surface area contributed by atoms with Gasteiger partial charge in [-0.05, 0) is 44.0 Å². The third-order valence-corrected chi connectivity index (χ3v) is 5.26. The van der Waals surface area contributed by atoms with Gasteiger partial charge in [0.25, 0.3) is 0 Å². The van der Waals surface area contributed by atoms with Gasteiger partial charge >= 0.3 is 0 Å². The van der Waals surface area contributed by atoms with Crippen molar-refractivity contribution in [2.45, 2.75) is 25.9 Å². The van der Waals surface area contributed by atoms with Crippen LogP contribution in [-0.2, 0) is 4.79 Å². The predicted molar refractivity (Wildman–Crippen MR) is 108 cm³/mol. The van der Waals surface area contributed by atoms with Gasteiger partial charge in [-0.25, -0.2) is 9.97 Å². The highest BCUT2D eigenvalue weighted by Gasteiger charge is 2.14. The third kappa shape index (κ3) is 3.38. The number of amides is 1. The number of anilines is 1. The highest BCUT2D eigenvalue weighted by atomic mass is 32.2. The Labute approximate surface area is 161 Å². The molecule has 2 aromatic heterocycles. The van der Waals surface area contributed by atoms with Crippen molar-refractivity contribution in [2.75, 3.05) is 11.1 Å². The molecule has 0 fully saturated rings. The van der Waals surface area contributed by atoms with E-state index in [0.29, 0.717) is 11.0 Å². The highest BCUT2D eigenvalue weighted by Crippen LogP contribution is 2.25. The summed E-state index contributed by atoms with van der Waals surface area (Å²) in [5.74, 6) is 0.847. The topological polar surface area (TPSA) is 72.2 Å². The molecule has 0 aliphatic rings. The fourth-order valence-corrected chi connectivity index (χ4v) is 3.79. The zero-order chi connectivity index (χ0) is 19.0. The van der Waals surface area contributed by atoms with E-state index in [9.17, 15) is 4.79 Å². The average Bonchev–Trinajstić information content (AvgIpc) is 3.05. The average molecular weight is 377 g/mol. The number of aryl methyl sites for hydroxylation is 3. The summed E-state index contributed by atoms with van der Waals surface area (Å²) in [6, 6.07) is 13.8. The lowest BCUT2D eigenvalue weighted by Crippen LogP contribution is -2.16. The number of thioether (sulfide) groups is 1. The Kier molecular flexibility index (Phi) is 4.53. The first-order valence-electron chi connectivity index (χ1n) is 8.64. The Morgan fingerprint density at radius 1 is 1.04 bits per heavy atom. The predicted octanol–water partition coefficient (Wildman–Crippen LogP) is 3.93. The maximum atomic E-state index is 12.5. The van der Waals surface area contributed by atoms with Crippen molar-refractivity contribution >= 4 is 39.9 Å². The molecule has 0 aliphatic carbocycles. The van der Waals surface area contributed by atoms with Crippen LogP contribution >= 0.6 is 11.8 Å². The molecule has 0 radical (unpaired) electrons. The second-order valence-corrected chi connectivity index (χ2v) is 7.35. The number of hydrogen-bond acceptors (Lipinski definition) is 5. The Bertz CT molecular complexity index is 1150. The normalized spacial score (nSPS) is 11.2. The lowest BCUT2D eigenvalue weighted by atomic mass is 10.1. The van der Waals surface area contributed by atoms with E-state index in [4.69, 9.17) is 0 Å². The third-order valence-electron chi connectivity index (χ3n) is 4.33. The zero-order valence-corrected chi connectivity index (χ0v) is 16.2. The summed E-state index contributed by atoms with van der Waals surface area (Å²) in [4.78, 5) is 21.7. The summed E-state index contributed by atoms with van der Waals surface area (Å²) in [7, 11) is 0. The van der Waals surface area contributed by atoms with Gasteiger partial charge in [0.2, 0.25) is 5.91 Å². The molecule has 1 amide bonds. The van der Waals surface area contributed by atoms with Crippen LogP contribution in [-0.4, -0.2) is 31.2 Å². The summed E-state index contributed by atoms with van der Waals surface area (Å²) < 4.78 is 1.72. The minimum atomic E-state index is -0.0719. The number of carbonyl (C=O) groups is 1. The monoisotopic (exact) mass is 377 g/mol. The van der Waals surface area contributed by atoms with E-state index in [2.05, 4.69) is 20.4 Å². The van der Waals surface area contributed by atoms with E-state index in [0.717, 1.165) is 33.4 Å². The van der Waals surface area contributed by atoms with Crippen molar-refractivity contribution in [3.63, 3.8) is 0 Å². The number of hydrogen-bond donors (Lipinski definition) is 1. The molecule has 2 heterocycles. The van der Waals surface area contributed by atoms with Crippen LogP contribution in [0.2, 0.25) is 0 Å². The van der Waals surface area contributed by atoms with Crippen LogP contribution in [0.15, 0.2) is 47.6 Å². The van der Waals surface area contributed by atoms with Crippen molar-refractivity contribution in [3.05, 3.63) is 59.4 Å². The van der Waals surface area contributed by atoms with Gasteiger partial charge in [-0.15, -0.1) is 5.10 Å². The van der Waals surface area contributed by atoms with Crippen molar-refractivity contribution in [1.29, 1.82) is 0 Å². The molecule has 0 unspecified atom stereocenters. The molecule has 7 heteroatoms. The number of benzene rings is 2. The molecule has 6 nitrogen and oxygen atoms in total. The van der Waals surface area contributed by atoms with Crippen molar-refractivity contribution < 1.29 is 4.79 Å². The summed E-state index contributed by atoms with van der Waals surface area (Å²) in [5, 5.41) is 9.05. The Morgan fingerprint density at radius 2 is 1.78 bits per heavy atom. The fraction of sp³-hybridized carbons (Fsp3) is 0.200. The number of nitrogens with one attached hydrogen (secondary N) is 1. The van der Waals surface area contributed by atoms with Crippen LogP contribution in [0.25, 0.3) is 16.6 Å². The highest BCUT2D eigenvalue weighted by molar-refractivity contribution is 7.99. The van der Waals surface area contributed by atoms with Crippen LogP contribution in [0.1, 0.15) is 17.0 Å². The van der Waals surface area contributed by atoms with Crippen molar-refractivity contribution in [1.82, 2.24) is 19.6 Å². The number of aromatic nitrogens is 4. The van der Waals surface area contributed by atoms with Gasteiger partial charge in [0.15, 0.2) is 10.8 Å². The van der Waals surface area contributed by atoms with Crippen molar-refractivity contribution in [2.24, 2.45) is 0 Å². The number of nitrogens with zero attached hydrogens (tertiary/aromatic N) is 4. The lowest BCUT2D eigenvalue weighted by molar-refractivity contribution is -0.113. The van der Waals surface area contributed by atoms with Crippen molar-refractivity contribution in [3.8, 4) is 0 Å². The minimum Gasteiger partial charge on any atom is -0.325 e. The van der Waals surface area contributed by atoms with E-state index < -0.39 is 0 Å². The molecule has 27 heavy (non-hydrogen) atoms. The first-order valence-corrected chi connectivity index (χ1v) is 9.62. The molecule has 1 N–H and O–H groups in total. The zero-order valence-electron chi connectivity index (χ0n) is 15.4. The van der Waals surface area contributed by atoms with Gasteiger partial charge in [0.05, 0.1) is 11.3 Å². The lowest BCUT2D eigenvalue weighted by Gasteiger charge is -2.11. The quantitative estimate of drug-likeness (QED) is 0.431. The summed E-state index contributed by atoms with van der Waals surface area (Å²) >= 11 is 1.35. The first-order chi connectivity index (χ1) is 13.0. The van der Waals surface area contributed by atoms with Gasteiger partial charge in [0.1, 0.15) is 5.82 Å².